The van der Waals surface area contributed by atoms with Crippen molar-refractivity contribution in [2.45, 2.75) is 45.4 Å². The second-order valence-corrected chi connectivity index (χ2v) is 6.83. The highest BCUT2D eigenvalue weighted by Gasteiger charge is 2.31. The Morgan fingerprint density at radius 1 is 1.36 bits per heavy atom. The summed E-state index contributed by atoms with van der Waals surface area (Å²) < 4.78 is 15.0. The number of benzene rings is 1. The highest BCUT2D eigenvalue weighted by Crippen LogP contribution is 2.14. The molecule has 3 rings (SSSR count). The smallest absolute Gasteiger partial charge is 0.237 e. The van der Waals surface area contributed by atoms with Gasteiger partial charge in [0.05, 0.1) is 19.0 Å². The average molecular weight is 388 g/mol. The Balaban J connectivity index is 1.58. The topological polar surface area (TPSA) is 92.1 Å². The van der Waals surface area contributed by atoms with Crippen LogP contribution in [-0.2, 0) is 29.2 Å². The SMILES string of the molecule is CCCn1cnnc1CNC(=O)C[C@@H]1C(=O)NCCN1Cc1ccc(F)cc1. The normalized spacial score (nSPS) is 17.4. The number of aryl methyl sites for hydroxylation is 1. The average Bonchev–Trinajstić information content (AvgIpc) is 3.12. The van der Waals surface area contributed by atoms with Gasteiger partial charge in [0.2, 0.25) is 11.8 Å². The molecular weight excluding hydrogens is 363 g/mol. The molecule has 1 aliphatic rings. The number of hydrogen-bond donors (Lipinski definition) is 2. The Labute approximate surface area is 163 Å². The zero-order chi connectivity index (χ0) is 19.9. The largest absolute Gasteiger partial charge is 0.353 e. The second-order valence-electron chi connectivity index (χ2n) is 6.83. The van der Waals surface area contributed by atoms with Gasteiger partial charge in [0.1, 0.15) is 12.1 Å². The molecule has 1 saturated heterocycles. The standard InChI is InChI=1S/C19H25FN6O2/c1-2-8-26-13-23-24-17(26)11-22-18(27)10-16-19(28)21-7-9-25(16)12-14-3-5-15(20)6-4-14/h3-6,13,16H,2,7-12H2,1H3,(H,21,28)(H,22,27)/t16-/m1/s1. The van der Waals surface area contributed by atoms with Crippen LogP contribution in [0.4, 0.5) is 4.39 Å². The van der Waals surface area contributed by atoms with Crippen LogP contribution >= 0.6 is 0 Å². The maximum Gasteiger partial charge on any atom is 0.237 e. The van der Waals surface area contributed by atoms with E-state index in [9.17, 15) is 14.0 Å². The van der Waals surface area contributed by atoms with Crippen LogP contribution in [0.15, 0.2) is 30.6 Å². The van der Waals surface area contributed by atoms with Crippen molar-refractivity contribution in [3.63, 3.8) is 0 Å². The molecule has 8 nitrogen and oxygen atoms in total. The first-order chi connectivity index (χ1) is 13.6. The summed E-state index contributed by atoms with van der Waals surface area (Å²) in [4.78, 5) is 26.7. The summed E-state index contributed by atoms with van der Waals surface area (Å²) in [7, 11) is 0. The highest BCUT2D eigenvalue weighted by atomic mass is 19.1. The van der Waals surface area contributed by atoms with Crippen molar-refractivity contribution in [2.24, 2.45) is 0 Å². The minimum absolute atomic E-state index is 0.0505. The van der Waals surface area contributed by atoms with Gasteiger partial charge in [-0.05, 0) is 24.1 Å². The molecule has 1 fully saturated rings. The quantitative estimate of drug-likeness (QED) is 0.699. The first kappa shape index (κ1) is 19.9. The Kier molecular flexibility index (Phi) is 6.70. The number of carbonyl (C=O) groups excluding carboxylic acids is 2. The van der Waals surface area contributed by atoms with Crippen LogP contribution in [0.25, 0.3) is 0 Å². The number of hydrogen-bond acceptors (Lipinski definition) is 5. The molecule has 1 atom stereocenters. The van der Waals surface area contributed by atoms with Gasteiger partial charge >= 0.3 is 0 Å². The summed E-state index contributed by atoms with van der Waals surface area (Å²) in [5, 5.41) is 13.5. The first-order valence-electron chi connectivity index (χ1n) is 9.46. The lowest BCUT2D eigenvalue weighted by atomic mass is 10.1. The summed E-state index contributed by atoms with van der Waals surface area (Å²) in [5.74, 6) is -0.00619. The van der Waals surface area contributed by atoms with E-state index in [-0.39, 0.29) is 30.6 Å². The van der Waals surface area contributed by atoms with Crippen molar-refractivity contribution in [3.8, 4) is 0 Å². The van der Waals surface area contributed by atoms with Crippen molar-refractivity contribution in [2.75, 3.05) is 13.1 Å². The number of carbonyl (C=O) groups is 2. The van der Waals surface area contributed by atoms with E-state index in [0.717, 1.165) is 18.5 Å². The minimum atomic E-state index is -0.563. The van der Waals surface area contributed by atoms with E-state index >= 15 is 0 Å². The molecule has 9 heteroatoms. The minimum Gasteiger partial charge on any atom is -0.353 e. The number of piperazine rings is 1. The van der Waals surface area contributed by atoms with Crippen molar-refractivity contribution < 1.29 is 14.0 Å². The molecule has 150 valence electrons. The molecule has 1 aromatic carbocycles. The molecule has 2 aromatic rings. The Bertz CT molecular complexity index is 807. The third-order valence-corrected chi connectivity index (χ3v) is 4.72. The molecule has 0 aliphatic carbocycles. The van der Waals surface area contributed by atoms with Crippen LogP contribution in [0.1, 0.15) is 31.2 Å². The van der Waals surface area contributed by atoms with Crippen LogP contribution in [0.2, 0.25) is 0 Å². The Morgan fingerprint density at radius 3 is 2.89 bits per heavy atom. The number of nitrogens with one attached hydrogen (secondary N) is 2. The molecular formula is C19H25FN6O2. The fourth-order valence-electron chi connectivity index (χ4n) is 3.27. The molecule has 0 saturated carbocycles. The number of nitrogens with zero attached hydrogens (tertiary/aromatic N) is 4. The summed E-state index contributed by atoms with van der Waals surface area (Å²) in [6.07, 6.45) is 2.64. The van der Waals surface area contributed by atoms with E-state index < -0.39 is 6.04 Å². The van der Waals surface area contributed by atoms with E-state index in [2.05, 4.69) is 27.8 Å². The van der Waals surface area contributed by atoms with Crippen LogP contribution in [0, 0.1) is 5.82 Å². The van der Waals surface area contributed by atoms with E-state index in [1.165, 1.54) is 12.1 Å². The fourth-order valence-corrected chi connectivity index (χ4v) is 3.27. The Morgan fingerprint density at radius 2 is 2.14 bits per heavy atom. The number of halogens is 1. The summed E-state index contributed by atoms with van der Waals surface area (Å²) in [6.45, 7) is 4.75. The maximum absolute atomic E-state index is 13.1. The van der Waals surface area contributed by atoms with Gasteiger partial charge in [-0.25, -0.2) is 4.39 Å². The highest BCUT2D eigenvalue weighted by molar-refractivity contribution is 5.88. The second kappa shape index (κ2) is 9.41. The zero-order valence-electron chi connectivity index (χ0n) is 15.9. The predicted octanol–water partition coefficient (Wildman–Crippen LogP) is 0.834. The van der Waals surface area contributed by atoms with Crippen molar-refractivity contribution >= 4 is 11.8 Å². The molecule has 2 N–H and O–H groups in total. The molecule has 2 amide bonds. The van der Waals surface area contributed by atoms with Crippen molar-refractivity contribution in [1.82, 2.24) is 30.3 Å². The van der Waals surface area contributed by atoms with Crippen LogP contribution in [0.5, 0.6) is 0 Å². The van der Waals surface area contributed by atoms with Gasteiger partial charge in [-0.1, -0.05) is 19.1 Å². The third-order valence-electron chi connectivity index (χ3n) is 4.72. The molecule has 0 radical (unpaired) electrons. The van der Waals surface area contributed by atoms with Gasteiger partial charge in [0.15, 0.2) is 5.82 Å². The van der Waals surface area contributed by atoms with Gasteiger partial charge < -0.3 is 15.2 Å². The van der Waals surface area contributed by atoms with Gasteiger partial charge in [0, 0.05) is 26.2 Å². The van der Waals surface area contributed by atoms with Crippen LogP contribution in [-0.4, -0.2) is 50.6 Å². The van der Waals surface area contributed by atoms with E-state index in [1.807, 2.05) is 9.47 Å². The number of amides is 2. The first-order valence-corrected chi connectivity index (χ1v) is 9.46. The lowest BCUT2D eigenvalue weighted by Gasteiger charge is -2.34. The van der Waals surface area contributed by atoms with Crippen LogP contribution in [0.3, 0.4) is 0 Å². The zero-order valence-corrected chi connectivity index (χ0v) is 15.9. The van der Waals surface area contributed by atoms with Crippen molar-refractivity contribution in [1.29, 1.82) is 0 Å². The van der Waals surface area contributed by atoms with Crippen molar-refractivity contribution in [3.05, 3.63) is 47.8 Å². The molecule has 2 heterocycles. The van der Waals surface area contributed by atoms with E-state index in [4.69, 9.17) is 0 Å². The molecule has 28 heavy (non-hydrogen) atoms. The number of rotatable bonds is 8. The number of aromatic nitrogens is 3. The molecule has 0 bridgehead atoms. The monoisotopic (exact) mass is 388 g/mol. The maximum atomic E-state index is 13.1. The van der Waals surface area contributed by atoms with Crippen LogP contribution < -0.4 is 10.6 Å². The fraction of sp³-hybridized carbons (Fsp3) is 0.474. The molecule has 0 spiro atoms. The van der Waals surface area contributed by atoms with Gasteiger partial charge in [-0.2, -0.15) is 0 Å². The summed E-state index contributed by atoms with van der Waals surface area (Å²) in [5.41, 5.74) is 0.897. The van der Waals surface area contributed by atoms with E-state index in [1.54, 1.807) is 18.5 Å². The summed E-state index contributed by atoms with van der Waals surface area (Å²) in [6, 6.07) is 5.62. The molecule has 1 aromatic heterocycles. The van der Waals surface area contributed by atoms with Gasteiger partial charge in [0.25, 0.3) is 0 Å². The van der Waals surface area contributed by atoms with Gasteiger partial charge in [-0.3, -0.25) is 14.5 Å². The lowest BCUT2D eigenvalue weighted by Crippen LogP contribution is -2.56. The molecule has 1 aliphatic heterocycles. The Hall–Kier alpha value is -2.81. The third kappa shape index (κ3) is 5.13. The lowest BCUT2D eigenvalue weighted by molar-refractivity contribution is -0.134. The predicted molar refractivity (Wildman–Crippen MR) is 100 cm³/mol. The molecule has 0 unspecified atom stereocenters. The van der Waals surface area contributed by atoms with Gasteiger partial charge in [-0.15, -0.1) is 10.2 Å². The van der Waals surface area contributed by atoms with E-state index in [0.29, 0.717) is 25.5 Å². The summed E-state index contributed by atoms with van der Waals surface area (Å²) >= 11 is 0.